The second-order valence-corrected chi connectivity index (χ2v) is 7.42. The second-order valence-electron chi connectivity index (χ2n) is 7.42. The SMILES string of the molecule is CN(C)C[C@@H]1C2CCC(CC2)[C@H]1c1c[nH]c2ccccc12. The molecule has 3 aliphatic carbocycles. The fraction of sp³-hybridized carbons (Fsp3) is 0.579. The molecule has 2 aromatic rings. The lowest BCUT2D eigenvalue weighted by Crippen LogP contribution is -2.43. The lowest BCUT2D eigenvalue weighted by Gasteiger charge is -2.49. The number of rotatable bonds is 3. The minimum Gasteiger partial charge on any atom is -0.361 e. The number of para-hydroxylation sites is 1. The average Bonchev–Trinajstić information content (AvgIpc) is 2.92. The van der Waals surface area contributed by atoms with Gasteiger partial charge in [-0.2, -0.15) is 0 Å². The molecule has 21 heavy (non-hydrogen) atoms. The Hall–Kier alpha value is -1.28. The van der Waals surface area contributed by atoms with Crippen LogP contribution < -0.4 is 0 Å². The molecule has 1 aromatic carbocycles. The van der Waals surface area contributed by atoms with E-state index in [9.17, 15) is 0 Å². The Labute approximate surface area is 127 Å². The van der Waals surface area contributed by atoms with Crippen molar-refractivity contribution < 1.29 is 0 Å². The van der Waals surface area contributed by atoms with E-state index in [1.807, 2.05) is 0 Å². The molecule has 1 heterocycles. The normalized spacial score (nSPS) is 32.1. The molecule has 2 bridgehead atoms. The molecule has 2 nitrogen and oxygen atoms in total. The molecule has 0 spiro atoms. The first-order chi connectivity index (χ1) is 10.2. The molecule has 5 rings (SSSR count). The maximum Gasteiger partial charge on any atom is 0.0456 e. The highest BCUT2D eigenvalue weighted by Crippen LogP contribution is 2.54. The lowest BCUT2D eigenvalue weighted by molar-refractivity contribution is 0.0513. The van der Waals surface area contributed by atoms with Gasteiger partial charge in [-0.15, -0.1) is 0 Å². The van der Waals surface area contributed by atoms with Gasteiger partial charge in [-0.1, -0.05) is 18.2 Å². The van der Waals surface area contributed by atoms with Gasteiger partial charge in [0.15, 0.2) is 0 Å². The minimum absolute atomic E-state index is 0.760. The molecule has 112 valence electrons. The third-order valence-electron chi connectivity index (χ3n) is 5.95. The van der Waals surface area contributed by atoms with E-state index in [1.54, 1.807) is 5.56 Å². The van der Waals surface area contributed by atoms with Gasteiger partial charge in [0.25, 0.3) is 0 Å². The van der Waals surface area contributed by atoms with Crippen LogP contribution in [-0.4, -0.2) is 30.5 Å². The zero-order valence-electron chi connectivity index (χ0n) is 13.2. The number of fused-ring (bicyclic) bond motifs is 4. The Morgan fingerprint density at radius 2 is 1.76 bits per heavy atom. The molecule has 3 fully saturated rings. The van der Waals surface area contributed by atoms with Crippen LogP contribution in [0.15, 0.2) is 30.5 Å². The molecular formula is C19H26N2. The van der Waals surface area contributed by atoms with Crippen molar-refractivity contribution in [3.63, 3.8) is 0 Å². The van der Waals surface area contributed by atoms with Crippen LogP contribution in [0.2, 0.25) is 0 Å². The van der Waals surface area contributed by atoms with Crippen molar-refractivity contribution in [2.45, 2.75) is 31.6 Å². The molecular weight excluding hydrogens is 256 g/mol. The summed E-state index contributed by atoms with van der Waals surface area (Å²) >= 11 is 0. The summed E-state index contributed by atoms with van der Waals surface area (Å²) in [6, 6.07) is 8.83. The Balaban J connectivity index is 1.76. The fourth-order valence-corrected chi connectivity index (χ4v) is 5.11. The molecule has 0 aliphatic heterocycles. The number of benzene rings is 1. The number of nitrogens with zero attached hydrogens (tertiary/aromatic N) is 1. The van der Waals surface area contributed by atoms with Gasteiger partial charge in [-0.25, -0.2) is 0 Å². The molecule has 2 heteroatoms. The van der Waals surface area contributed by atoms with E-state index in [0.29, 0.717) is 0 Å². The summed E-state index contributed by atoms with van der Waals surface area (Å²) in [5.74, 6) is 3.44. The summed E-state index contributed by atoms with van der Waals surface area (Å²) in [6.45, 7) is 1.24. The van der Waals surface area contributed by atoms with Crippen LogP contribution in [0.4, 0.5) is 0 Å². The average molecular weight is 282 g/mol. The Kier molecular flexibility index (Phi) is 3.30. The number of nitrogens with one attached hydrogen (secondary N) is 1. The molecule has 0 radical (unpaired) electrons. The van der Waals surface area contributed by atoms with Gasteiger partial charge in [0.1, 0.15) is 0 Å². The Bertz CT molecular complexity index is 619. The first kappa shape index (κ1) is 13.4. The van der Waals surface area contributed by atoms with Crippen LogP contribution in [0.25, 0.3) is 10.9 Å². The number of hydrogen-bond donors (Lipinski definition) is 1. The predicted octanol–water partition coefficient (Wildman–Crippen LogP) is 4.25. The highest BCUT2D eigenvalue weighted by Gasteiger charge is 2.44. The summed E-state index contributed by atoms with van der Waals surface area (Å²) in [4.78, 5) is 5.90. The van der Waals surface area contributed by atoms with Gasteiger partial charge in [0.05, 0.1) is 0 Å². The summed E-state index contributed by atoms with van der Waals surface area (Å²) in [6.07, 6.45) is 8.11. The van der Waals surface area contributed by atoms with Crippen molar-refractivity contribution in [2.75, 3.05) is 20.6 Å². The van der Waals surface area contributed by atoms with E-state index in [-0.39, 0.29) is 0 Å². The molecule has 2 atom stereocenters. The zero-order chi connectivity index (χ0) is 14.4. The van der Waals surface area contributed by atoms with E-state index < -0.39 is 0 Å². The van der Waals surface area contributed by atoms with Crippen LogP contribution >= 0.6 is 0 Å². The van der Waals surface area contributed by atoms with Crippen molar-refractivity contribution in [3.8, 4) is 0 Å². The molecule has 1 aromatic heterocycles. The molecule has 0 amide bonds. The van der Waals surface area contributed by atoms with Gasteiger partial charge in [-0.05, 0) is 75.1 Å². The van der Waals surface area contributed by atoms with Crippen molar-refractivity contribution in [3.05, 3.63) is 36.0 Å². The quantitative estimate of drug-likeness (QED) is 0.891. The Morgan fingerprint density at radius 1 is 1.05 bits per heavy atom. The third-order valence-corrected chi connectivity index (χ3v) is 5.95. The number of aromatic amines is 1. The summed E-state index contributed by atoms with van der Waals surface area (Å²) in [5, 5.41) is 1.46. The highest BCUT2D eigenvalue weighted by molar-refractivity contribution is 5.83. The smallest absolute Gasteiger partial charge is 0.0456 e. The van der Waals surface area contributed by atoms with E-state index in [2.05, 4.69) is 54.4 Å². The van der Waals surface area contributed by atoms with Gasteiger partial charge in [0, 0.05) is 23.6 Å². The van der Waals surface area contributed by atoms with Gasteiger partial charge >= 0.3 is 0 Å². The van der Waals surface area contributed by atoms with Gasteiger partial charge in [-0.3, -0.25) is 0 Å². The van der Waals surface area contributed by atoms with Crippen LogP contribution in [-0.2, 0) is 0 Å². The van der Waals surface area contributed by atoms with Crippen molar-refractivity contribution >= 4 is 10.9 Å². The summed E-state index contributed by atoms with van der Waals surface area (Å²) in [5.41, 5.74) is 2.89. The molecule has 3 aliphatic rings. The van der Waals surface area contributed by atoms with E-state index in [1.165, 1.54) is 43.1 Å². The number of hydrogen-bond acceptors (Lipinski definition) is 1. The van der Waals surface area contributed by atoms with Gasteiger partial charge in [0.2, 0.25) is 0 Å². The first-order valence-electron chi connectivity index (χ1n) is 8.45. The summed E-state index contributed by atoms with van der Waals surface area (Å²) < 4.78 is 0. The largest absolute Gasteiger partial charge is 0.361 e. The summed E-state index contributed by atoms with van der Waals surface area (Å²) in [7, 11) is 4.46. The minimum atomic E-state index is 0.760. The zero-order valence-corrected chi connectivity index (χ0v) is 13.2. The first-order valence-corrected chi connectivity index (χ1v) is 8.45. The standard InChI is InChI=1S/C19H26N2/c1-21(2)12-17-13-7-9-14(10-8-13)19(17)16-11-20-18-6-4-3-5-15(16)18/h3-6,11,13-14,17,19-20H,7-10,12H2,1-2H3/t13?,14?,17-,19+/m1/s1. The van der Waals surface area contributed by atoms with E-state index >= 15 is 0 Å². The highest BCUT2D eigenvalue weighted by atomic mass is 15.1. The lowest BCUT2D eigenvalue weighted by atomic mass is 9.57. The third kappa shape index (κ3) is 2.20. The predicted molar refractivity (Wildman–Crippen MR) is 88.5 cm³/mol. The van der Waals surface area contributed by atoms with Crippen molar-refractivity contribution in [1.29, 1.82) is 0 Å². The van der Waals surface area contributed by atoms with Crippen LogP contribution in [0.3, 0.4) is 0 Å². The maximum absolute atomic E-state index is 3.51. The van der Waals surface area contributed by atoms with Gasteiger partial charge < -0.3 is 9.88 Å². The maximum atomic E-state index is 3.51. The molecule has 3 saturated carbocycles. The molecule has 1 N–H and O–H groups in total. The fourth-order valence-electron chi connectivity index (χ4n) is 5.11. The number of H-pyrrole nitrogens is 1. The van der Waals surface area contributed by atoms with Crippen LogP contribution in [0, 0.1) is 17.8 Å². The second kappa shape index (κ2) is 5.17. The Morgan fingerprint density at radius 3 is 2.52 bits per heavy atom. The molecule has 0 unspecified atom stereocenters. The van der Waals surface area contributed by atoms with E-state index in [4.69, 9.17) is 0 Å². The van der Waals surface area contributed by atoms with Crippen LogP contribution in [0.5, 0.6) is 0 Å². The molecule has 0 saturated heterocycles. The monoisotopic (exact) mass is 282 g/mol. The van der Waals surface area contributed by atoms with Crippen molar-refractivity contribution in [2.24, 2.45) is 17.8 Å². The van der Waals surface area contributed by atoms with E-state index in [0.717, 1.165) is 23.7 Å². The van der Waals surface area contributed by atoms with Crippen LogP contribution in [0.1, 0.15) is 37.2 Å². The number of aromatic nitrogens is 1. The van der Waals surface area contributed by atoms with Crippen molar-refractivity contribution in [1.82, 2.24) is 9.88 Å². The topological polar surface area (TPSA) is 19.0 Å².